The molecule has 0 aliphatic rings. The number of anilines is 1. The maximum absolute atomic E-state index is 13.9. The van der Waals surface area contributed by atoms with Gasteiger partial charge in [0.25, 0.3) is 10.0 Å². The number of carbonyl (C=O) groups is 2. The predicted molar refractivity (Wildman–Crippen MR) is 157 cm³/mol. The van der Waals surface area contributed by atoms with Crippen molar-refractivity contribution in [2.24, 2.45) is 0 Å². The van der Waals surface area contributed by atoms with E-state index in [2.05, 4.69) is 5.32 Å². The van der Waals surface area contributed by atoms with Crippen LogP contribution in [0.4, 0.5) is 5.69 Å². The fraction of sp³-hybridized carbons (Fsp3) is 0.286. The van der Waals surface area contributed by atoms with Crippen LogP contribution < -0.4 is 9.62 Å². The Kier molecular flexibility index (Phi) is 9.93. The Balaban J connectivity index is 2.07. The molecule has 0 aliphatic heterocycles. The maximum Gasteiger partial charge on any atom is 0.264 e. The van der Waals surface area contributed by atoms with E-state index in [1.54, 1.807) is 49.4 Å². The van der Waals surface area contributed by atoms with Gasteiger partial charge in [0.1, 0.15) is 12.6 Å². The highest BCUT2D eigenvalue weighted by Gasteiger charge is 2.34. The van der Waals surface area contributed by atoms with Crippen LogP contribution >= 0.6 is 34.8 Å². The Morgan fingerprint density at radius 2 is 1.51 bits per heavy atom. The van der Waals surface area contributed by atoms with Crippen molar-refractivity contribution in [3.05, 3.63) is 93.4 Å². The third-order valence-corrected chi connectivity index (χ3v) is 8.43. The zero-order chi connectivity index (χ0) is 29.0. The second-order valence-corrected chi connectivity index (χ2v) is 13.1. The van der Waals surface area contributed by atoms with Crippen molar-refractivity contribution < 1.29 is 18.0 Å². The highest BCUT2D eigenvalue weighted by molar-refractivity contribution is 7.92. The number of amides is 2. The molecule has 0 spiro atoms. The van der Waals surface area contributed by atoms with Crippen molar-refractivity contribution in [3.63, 3.8) is 0 Å². The second kappa shape index (κ2) is 12.6. The summed E-state index contributed by atoms with van der Waals surface area (Å²) in [7, 11) is -4.24. The quantitative estimate of drug-likeness (QED) is 0.314. The minimum absolute atomic E-state index is 0.0230. The van der Waals surface area contributed by atoms with E-state index < -0.39 is 40.0 Å². The Morgan fingerprint density at radius 1 is 0.897 bits per heavy atom. The summed E-state index contributed by atoms with van der Waals surface area (Å²) in [5.74, 6) is -1.03. The third-order valence-electron chi connectivity index (χ3n) is 5.75. The van der Waals surface area contributed by atoms with Gasteiger partial charge in [-0.1, -0.05) is 71.2 Å². The molecule has 0 bridgehead atoms. The van der Waals surface area contributed by atoms with Gasteiger partial charge in [-0.25, -0.2) is 8.42 Å². The molecule has 0 heterocycles. The van der Waals surface area contributed by atoms with Gasteiger partial charge in [-0.05, 0) is 69.7 Å². The summed E-state index contributed by atoms with van der Waals surface area (Å²) in [5.41, 5.74) is 0.122. The van der Waals surface area contributed by atoms with Gasteiger partial charge >= 0.3 is 0 Å². The Morgan fingerprint density at radius 3 is 2.10 bits per heavy atom. The van der Waals surface area contributed by atoms with Gasteiger partial charge in [0, 0.05) is 22.1 Å². The largest absolute Gasteiger partial charge is 0.350 e. The first-order valence-corrected chi connectivity index (χ1v) is 14.7. The molecule has 3 rings (SSSR count). The van der Waals surface area contributed by atoms with Crippen molar-refractivity contribution >= 4 is 62.3 Å². The first kappa shape index (κ1) is 30.8. The first-order chi connectivity index (χ1) is 18.2. The molecule has 208 valence electrons. The summed E-state index contributed by atoms with van der Waals surface area (Å²) < 4.78 is 28.5. The van der Waals surface area contributed by atoms with Gasteiger partial charge in [0.2, 0.25) is 11.8 Å². The van der Waals surface area contributed by atoms with Crippen LogP contribution in [0.15, 0.2) is 77.7 Å². The molecule has 0 aliphatic carbocycles. The highest BCUT2D eigenvalue weighted by Crippen LogP contribution is 2.33. The molecule has 3 aromatic carbocycles. The SMILES string of the molecule is C[C@H](C(=O)NC(C)(C)C)N(Cc1ccccc1Cl)C(=O)CN(c1ccc(Cl)cc1Cl)S(=O)(=O)c1ccccc1. The van der Waals surface area contributed by atoms with Crippen molar-refractivity contribution in [1.29, 1.82) is 0 Å². The lowest BCUT2D eigenvalue weighted by atomic mass is 10.1. The summed E-state index contributed by atoms with van der Waals surface area (Å²) in [6.07, 6.45) is 0. The highest BCUT2D eigenvalue weighted by atomic mass is 35.5. The number of hydrogen-bond donors (Lipinski definition) is 1. The van der Waals surface area contributed by atoms with Gasteiger partial charge < -0.3 is 10.2 Å². The van der Waals surface area contributed by atoms with E-state index in [1.807, 2.05) is 20.8 Å². The first-order valence-electron chi connectivity index (χ1n) is 12.1. The monoisotopic (exact) mass is 609 g/mol. The van der Waals surface area contributed by atoms with Crippen LogP contribution in [0.25, 0.3) is 0 Å². The summed E-state index contributed by atoms with van der Waals surface area (Å²) in [6, 6.07) is 18.0. The van der Waals surface area contributed by atoms with Crippen LogP contribution in [-0.4, -0.2) is 43.3 Å². The number of nitrogens with zero attached hydrogens (tertiary/aromatic N) is 2. The number of hydrogen-bond acceptors (Lipinski definition) is 4. The molecule has 39 heavy (non-hydrogen) atoms. The summed E-state index contributed by atoms with van der Waals surface area (Å²) in [6.45, 7) is 6.42. The average molecular weight is 611 g/mol. The van der Waals surface area contributed by atoms with E-state index in [1.165, 1.54) is 35.2 Å². The van der Waals surface area contributed by atoms with Gasteiger partial charge in [-0.2, -0.15) is 0 Å². The Labute approximate surface area is 244 Å². The van der Waals surface area contributed by atoms with Gasteiger partial charge in [-0.15, -0.1) is 0 Å². The van der Waals surface area contributed by atoms with Crippen LogP contribution in [-0.2, 0) is 26.2 Å². The molecule has 11 heteroatoms. The molecular weight excluding hydrogens is 581 g/mol. The van der Waals surface area contributed by atoms with E-state index in [0.717, 1.165) is 4.31 Å². The number of benzene rings is 3. The summed E-state index contributed by atoms with van der Waals surface area (Å²) >= 11 is 18.9. The summed E-state index contributed by atoms with van der Waals surface area (Å²) in [4.78, 5) is 28.4. The van der Waals surface area contributed by atoms with Crippen molar-refractivity contribution in [2.75, 3.05) is 10.8 Å². The molecule has 7 nitrogen and oxygen atoms in total. The molecule has 0 aromatic heterocycles. The lowest BCUT2D eigenvalue weighted by molar-refractivity contribution is -0.140. The fourth-order valence-corrected chi connectivity index (χ4v) is 5.99. The van der Waals surface area contributed by atoms with Crippen LogP contribution in [0, 0.1) is 0 Å². The average Bonchev–Trinajstić information content (AvgIpc) is 2.86. The number of carbonyl (C=O) groups excluding carboxylic acids is 2. The van der Waals surface area contributed by atoms with Crippen LogP contribution in [0.3, 0.4) is 0 Å². The maximum atomic E-state index is 13.9. The van der Waals surface area contributed by atoms with E-state index in [9.17, 15) is 18.0 Å². The van der Waals surface area contributed by atoms with E-state index in [0.29, 0.717) is 15.6 Å². The van der Waals surface area contributed by atoms with E-state index in [-0.39, 0.29) is 22.2 Å². The third kappa shape index (κ3) is 7.88. The number of rotatable bonds is 9. The molecule has 1 atom stereocenters. The second-order valence-electron chi connectivity index (χ2n) is 9.95. The fourth-order valence-electron chi connectivity index (χ4n) is 3.78. The minimum Gasteiger partial charge on any atom is -0.350 e. The number of sulfonamides is 1. The molecule has 0 saturated carbocycles. The number of halogens is 3. The zero-order valence-corrected chi connectivity index (χ0v) is 25.1. The van der Waals surface area contributed by atoms with E-state index in [4.69, 9.17) is 34.8 Å². The van der Waals surface area contributed by atoms with Gasteiger partial charge in [0.05, 0.1) is 15.6 Å². The van der Waals surface area contributed by atoms with E-state index >= 15 is 0 Å². The molecule has 0 radical (unpaired) electrons. The van der Waals surface area contributed by atoms with Crippen LogP contribution in [0.2, 0.25) is 15.1 Å². The summed E-state index contributed by atoms with van der Waals surface area (Å²) in [5, 5.41) is 3.64. The van der Waals surface area contributed by atoms with Crippen LogP contribution in [0.1, 0.15) is 33.3 Å². The smallest absolute Gasteiger partial charge is 0.264 e. The van der Waals surface area contributed by atoms with Crippen molar-refractivity contribution in [3.8, 4) is 0 Å². The van der Waals surface area contributed by atoms with Crippen molar-refractivity contribution in [2.45, 2.75) is 50.7 Å². The Hall–Kier alpha value is -2.78. The zero-order valence-electron chi connectivity index (χ0n) is 22.0. The molecule has 0 unspecified atom stereocenters. The van der Waals surface area contributed by atoms with Gasteiger partial charge in [0.15, 0.2) is 0 Å². The molecule has 3 aromatic rings. The van der Waals surface area contributed by atoms with Crippen LogP contribution in [0.5, 0.6) is 0 Å². The standard InChI is InChI=1S/C28H30Cl3N3O4S/c1-19(27(36)32-28(2,3)4)33(17-20-10-8-9-13-23(20)30)26(35)18-34(25-15-14-21(29)16-24(25)31)39(37,38)22-11-6-5-7-12-22/h5-16,19H,17-18H2,1-4H3,(H,32,36)/t19-/m1/s1. The molecule has 0 saturated heterocycles. The molecule has 0 fully saturated rings. The molecule has 1 N–H and O–H groups in total. The normalized spacial score (nSPS) is 12.5. The Bertz CT molecular complexity index is 1440. The van der Waals surface area contributed by atoms with Gasteiger partial charge in [-0.3, -0.25) is 13.9 Å². The minimum atomic E-state index is -4.24. The lowest BCUT2D eigenvalue weighted by Crippen LogP contribution is -2.54. The topological polar surface area (TPSA) is 86.8 Å². The molecular formula is C28H30Cl3N3O4S. The lowest BCUT2D eigenvalue weighted by Gasteiger charge is -2.33. The predicted octanol–water partition coefficient (Wildman–Crippen LogP) is 6.17. The number of nitrogens with one attached hydrogen (secondary N) is 1. The van der Waals surface area contributed by atoms with Crippen molar-refractivity contribution in [1.82, 2.24) is 10.2 Å². The molecule has 2 amide bonds.